The maximum Gasteiger partial charge on any atom is 0.270 e. The molecule has 1 rings (SSSR count). The second-order valence-electron chi connectivity index (χ2n) is 5.13. The molecule has 1 N–H and O–H groups in total. The average molecular weight is 344 g/mol. The number of hydroxylamine groups is 2. The van der Waals surface area contributed by atoms with E-state index in [0.717, 1.165) is 11.1 Å². The highest BCUT2D eigenvalue weighted by atomic mass is 35.5. The van der Waals surface area contributed by atoms with Crippen LogP contribution in [0.1, 0.15) is 24.2 Å². The average Bonchev–Trinajstić information content (AvgIpc) is 2.50. The van der Waals surface area contributed by atoms with E-state index in [1.807, 2.05) is 0 Å². The molecule has 0 aliphatic heterocycles. The van der Waals surface area contributed by atoms with Gasteiger partial charge in [-0.1, -0.05) is 25.4 Å². The Bertz CT molecular complexity index is 620. The zero-order chi connectivity index (χ0) is 17.7. The van der Waals surface area contributed by atoms with Crippen LogP contribution in [0.4, 0.5) is 5.69 Å². The van der Waals surface area contributed by atoms with Crippen molar-refractivity contribution in [2.45, 2.75) is 19.9 Å². The summed E-state index contributed by atoms with van der Waals surface area (Å²) in [6.45, 7) is 3.54. The van der Waals surface area contributed by atoms with Crippen molar-refractivity contribution in [2.24, 2.45) is 5.92 Å². The van der Waals surface area contributed by atoms with Crippen molar-refractivity contribution >= 4 is 29.1 Å². The number of hydrogen-bond donors (Lipinski definition) is 1. The van der Waals surface area contributed by atoms with Gasteiger partial charge in [0.25, 0.3) is 17.5 Å². The fourth-order valence-electron chi connectivity index (χ4n) is 1.82. The molecule has 9 heteroatoms. The summed E-state index contributed by atoms with van der Waals surface area (Å²) < 4.78 is 0. The van der Waals surface area contributed by atoms with Crippen LogP contribution in [0.15, 0.2) is 18.2 Å². The highest BCUT2D eigenvalue weighted by molar-refractivity contribution is 6.34. The number of rotatable bonds is 6. The van der Waals surface area contributed by atoms with Crippen LogP contribution in [0.2, 0.25) is 5.02 Å². The van der Waals surface area contributed by atoms with Crippen LogP contribution in [-0.4, -0.2) is 42.0 Å². The van der Waals surface area contributed by atoms with Crippen LogP contribution in [-0.2, 0) is 9.63 Å². The molecule has 1 unspecified atom stereocenters. The topological polar surface area (TPSA) is 102 Å². The number of nitrogens with one attached hydrogen (secondary N) is 1. The molecule has 1 atom stereocenters. The summed E-state index contributed by atoms with van der Waals surface area (Å²) in [5, 5.41) is 14.2. The number of nitro groups is 1. The Morgan fingerprint density at radius 2 is 2.00 bits per heavy atom. The van der Waals surface area contributed by atoms with E-state index in [1.54, 1.807) is 13.8 Å². The van der Waals surface area contributed by atoms with Crippen molar-refractivity contribution in [3.05, 3.63) is 38.9 Å². The standard InChI is InChI=1S/C14H18ClN3O5/c1-8(2)12(14(20)17(3)23-4)16-13(19)10-6-5-9(18(21)22)7-11(10)15/h5-8,12H,1-4H3,(H,16,19). The number of nitrogens with zero attached hydrogens (tertiary/aromatic N) is 2. The Morgan fingerprint density at radius 1 is 1.39 bits per heavy atom. The Labute approximate surface area is 138 Å². The minimum absolute atomic E-state index is 0.0517. The van der Waals surface area contributed by atoms with Crippen LogP contribution in [0.3, 0.4) is 0 Å². The fraction of sp³-hybridized carbons (Fsp3) is 0.429. The lowest BCUT2D eigenvalue weighted by Crippen LogP contribution is -2.50. The third-order valence-corrected chi connectivity index (χ3v) is 3.52. The molecule has 0 radical (unpaired) electrons. The van der Waals surface area contributed by atoms with Gasteiger partial charge in [-0.2, -0.15) is 0 Å². The third-order valence-electron chi connectivity index (χ3n) is 3.21. The first-order valence-corrected chi connectivity index (χ1v) is 7.13. The molecule has 0 aromatic heterocycles. The highest BCUT2D eigenvalue weighted by Gasteiger charge is 2.28. The number of halogens is 1. The summed E-state index contributed by atoms with van der Waals surface area (Å²) in [4.78, 5) is 39.4. The van der Waals surface area contributed by atoms with Gasteiger partial charge in [-0.05, 0) is 12.0 Å². The third kappa shape index (κ3) is 4.64. The number of carbonyl (C=O) groups is 2. The zero-order valence-corrected chi connectivity index (χ0v) is 14.0. The number of carbonyl (C=O) groups excluding carboxylic acids is 2. The number of likely N-dealkylation sites (N-methyl/N-ethyl adjacent to an activating group) is 1. The number of non-ortho nitro benzene ring substituents is 1. The van der Waals surface area contributed by atoms with Gasteiger partial charge >= 0.3 is 0 Å². The molecule has 126 valence electrons. The monoisotopic (exact) mass is 343 g/mol. The van der Waals surface area contributed by atoms with Gasteiger partial charge in [-0.25, -0.2) is 5.06 Å². The lowest BCUT2D eigenvalue weighted by Gasteiger charge is -2.25. The maximum absolute atomic E-state index is 12.3. The number of hydrogen-bond acceptors (Lipinski definition) is 5. The Hall–Kier alpha value is -2.19. The van der Waals surface area contributed by atoms with Crippen molar-refractivity contribution in [3.8, 4) is 0 Å². The molecule has 1 aromatic rings. The van der Waals surface area contributed by atoms with E-state index in [-0.39, 0.29) is 22.2 Å². The molecule has 1 aromatic carbocycles. The molecular formula is C14H18ClN3O5. The van der Waals surface area contributed by atoms with Gasteiger partial charge in [0.05, 0.1) is 22.6 Å². The Kier molecular flexibility index (Phi) is 6.47. The predicted molar refractivity (Wildman–Crippen MR) is 84.0 cm³/mol. The van der Waals surface area contributed by atoms with E-state index >= 15 is 0 Å². The summed E-state index contributed by atoms with van der Waals surface area (Å²) in [6.07, 6.45) is 0. The number of benzene rings is 1. The van der Waals surface area contributed by atoms with E-state index in [1.165, 1.54) is 26.3 Å². The molecule has 0 fully saturated rings. The summed E-state index contributed by atoms with van der Waals surface area (Å²) in [5.74, 6) is -1.21. The molecule has 0 aliphatic carbocycles. The van der Waals surface area contributed by atoms with Gasteiger partial charge in [0.15, 0.2) is 0 Å². The van der Waals surface area contributed by atoms with Gasteiger partial charge in [-0.3, -0.25) is 24.5 Å². The Balaban J connectivity index is 3.00. The van der Waals surface area contributed by atoms with E-state index in [4.69, 9.17) is 16.4 Å². The van der Waals surface area contributed by atoms with Crippen LogP contribution < -0.4 is 5.32 Å². The summed E-state index contributed by atoms with van der Waals surface area (Å²) in [6, 6.07) is 2.69. The first kappa shape index (κ1) is 18.9. The first-order chi connectivity index (χ1) is 10.7. The molecule has 8 nitrogen and oxygen atoms in total. The summed E-state index contributed by atoms with van der Waals surface area (Å²) in [5.41, 5.74) is -0.169. The molecule has 0 heterocycles. The molecular weight excluding hydrogens is 326 g/mol. The van der Waals surface area contributed by atoms with Crippen molar-refractivity contribution in [3.63, 3.8) is 0 Å². The molecule has 23 heavy (non-hydrogen) atoms. The van der Waals surface area contributed by atoms with Crippen molar-refractivity contribution < 1.29 is 19.3 Å². The first-order valence-electron chi connectivity index (χ1n) is 6.75. The van der Waals surface area contributed by atoms with Gasteiger partial charge in [-0.15, -0.1) is 0 Å². The van der Waals surface area contributed by atoms with Crippen LogP contribution >= 0.6 is 11.6 Å². The van der Waals surface area contributed by atoms with E-state index < -0.39 is 22.8 Å². The zero-order valence-electron chi connectivity index (χ0n) is 13.2. The van der Waals surface area contributed by atoms with Crippen molar-refractivity contribution in [2.75, 3.05) is 14.2 Å². The van der Waals surface area contributed by atoms with Crippen LogP contribution in [0.5, 0.6) is 0 Å². The fourth-order valence-corrected chi connectivity index (χ4v) is 2.08. The smallest absolute Gasteiger partial charge is 0.270 e. The maximum atomic E-state index is 12.3. The normalized spacial score (nSPS) is 11.9. The van der Waals surface area contributed by atoms with Gasteiger partial charge in [0.1, 0.15) is 6.04 Å². The quantitative estimate of drug-likeness (QED) is 0.629. The van der Waals surface area contributed by atoms with E-state index in [0.29, 0.717) is 0 Å². The summed E-state index contributed by atoms with van der Waals surface area (Å²) >= 11 is 5.92. The number of nitro benzene ring substituents is 1. The molecule has 0 aliphatic rings. The van der Waals surface area contributed by atoms with E-state index in [2.05, 4.69) is 5.32 Å². The lowest BCUT2D eigenvalue weighted by atomic mass is 10.0. The van der Waals surface area contributed by atoms with Crippen molar-refractivity contribution in [1.29, 1.82) is 0 Å². The lowest BCUT2D eigenvalue weighted by molar-refractivity contribution is -0.384. The minimum Gasteiger partial charge on any atom is -0.340 e. The van der Waals surface area contributed by atoms with Gasteiger partial charge in [0.2, 0.25) is 0 Å². The number of amides is 2. The summed E-state index contributed by atoms with van der Waals surface area (Å²) in [7, 11) is 2.77. The molecule has 2 amide bonds. The van der Waals surface area contributed by atoms with Crippen LogP contribution in [0, 0.1) is 16.0 Å². The predicted octanol–water partition coefficient (Wildman–Crippen LogP) is 2.02. The molecule has 0 saturated heterocycles. The Morgan fingerprint density at radius 3 is 2.43 bits per heavy atom. The second kappa shape index (κ2) is 7.89. The van der Waals surface area contributed by atoms with Gasteiger partial charge in [0, 0.05) is 19.2 Å². The molecule has 0 bridgehead atoms. The second-order valence-corrected chi connectivity index (χ2v) is 5.54. The van der Waals surface area contributed by atoms with Crippen LogP contribution in [0.25, 0.3) is 0 Å². The highest BCUT2D eigenvalue weighted by Crippen LogP contribution is 2.22. The van der Waals surface area contributed by atoms with Gasteiger partial charge < -0.3 is 5.32 Å². The van der Waals surface area contributed by atoms with E-state index in [9.17, 15) is 19.7 Å². The SMILES string of the molecule is CON(C)C(=O)C(NC(=O)c1ccc([N+](=O)[O-])cc1Cl)C(C)C. The molecule has 0 saturated carbocycles. The minimum atomic E-state index is -0.821. The molecule has 0 spiro atoms. The van der Waals surface area contributed by atoms with Crippen molar-refractivity contribution in [1.82, 2.24) is 10.4 Å². The largest absolute Gasteiger partial charge is 0.340 e.